The van der Waals surface area contributed by atoms with E-state index in [4.69, 9.17) is 4.74 Å². The van der Waals surface area contributed by atoms with Crippen LogP contribution in [0.2, 0.25) is 0 Å². The van der Waals surface area contributed by atoms with Crippen LogP contribution in [0.1, 0.15) is 19.8 Å². The van der Waals surface area contributed by atoms with Gasteiger partial charge in [0.25, 0.3) is 0 Å². The summed E-state index contributed by atoms with van der Waals surface area (Å²) in [7, 11) is 0. The van der Waals surface area contributed by atoms with Crippen LogP contribution in [0.3, 0.4) is 0 Å². The van der Waals surface area contributed by atoms with E-state index < -0.39 is 0 Å². The molecular formula is C11H14Br2N2O. The van der Waals surface area contributed by atoms with Crippen molar-refractivity contribution in [3.63, 3.8) is 0 Å². The van der Waals surface area contributed by atoms with Gasteiger partial charge in [-0.15, -0.1) is 0 Å². The first-order chi connectivity index (χ1) is 7.59. The number of pyridine rings is 1. The number of ether oxygens (including phenoxy) is 1. The van der Waals surface area contributed by atoms with Gasteiger partial charge < -0.3 is 10.1 Å². The predicted molar refractivity (Wildman–Crippen MR) is 71.7 cm³/mol. The van der Waals surface area contributed by atoms with Gasteiger partial charge in [0.1, 0.15) is 5.82 Å². The van der Waals surface area contributed by atoms with E-state index in [0.29, 0.717) is 0 Å². The fraction of sp³-hybridized carbons (Fsp3) is 0.545. The summed E-state index contributed by atoms with van der Waals surface area (Å²) in [5.74, 6) is 0.871. The Morgan fingerprint density at radius 1 is 1.50 bits per heavy atom. The summed E-state index contributed by atoms with van der Waals surface area (Å²) in [6.07, 6.45) is 4.00. The zero-order valence-corrected chi connectivity index (χ0v) is 12.3. The van der Waals surface area contributed by atoms with Crippen LogP contribution >= 0.6 is 31.9 Å². The summed E-state index contributed by atoms with van der Waals surface area (Å²) >= 11 is 6.89. The average Bonchev–Trinajstić information content (AvgIpc) is 2.23. The number of nitrogens with one attached hydrogen (secondary N) is 1. The van der Waals surface area contributed by atoms with Gasteiger partial charge in [0.05, 0.1) is 16.6 Å². The van der Waals surface area contributed by atoms with Crippen molar-refractivity contribution in [1.29, 1.82) is 0 Å². The molecule has 0 aliphatic carbocycles. The highest BCUT2D eigenvalue weighted by atomic mass is 79.9. The largest absolute Gasteiger partial charge is 0.379 e. The lowest BCUT2D eigenvalue weighted by atomic mass is 9.95. The number of rotatable bonds is 2. The fourth-order valence-corrected chi connectivity index (χ4v) is 2.91. The molecule has 0 aromatic carbocycles. The Morgan fingerprint density at radius 3 is 2.94 bits per heavy atom. The summed E-state index contributed by atoms with van der Waals surface area (Å²) in [4.78, 5) is 4.36. The molecule has 0 bridgehead atoms. The quantitative estimate of drug-likeness (QED) is 0.885. The molecule has 1 N–H and O–H groups in total. The number of nitrogens with zero attached hydrogens (tertiary/aromatic N) is 1. The van der Waals surface area contributed by atoms with Crippen LogP contribution in [-0.4, -0.2) is 23.7 Å². The number of hydrogen-bond donors (Lipinski definition) is 1. The van der Waals surface area contributed by atoms with Crippen molar-refractivity contribution >= 4 is 37.7 Å². The van der Waals surface area contributed by atoms with Gasteiger partial charge >= 0.3 is 0 Å². The van der Waals surface area contributed by atoms with Gasteiger partial charge in [0.15, 0.2) is 0 Å². The first kappa shape index (κ1) is 12.3. The number of anilines is 1. The molecule has 1 saturated heterocycles. The monoisotopic (exact) mass is 348 g/mol. The minimum absolute atomic E-state index is 0.0123. The van der Waals surface area contributed by atoms with Crippen LogP contribution in [0.5, 0.6) is 0 Å². The standard InChI is InChI=1S/C11H14Br2N2O/c1-11(3-2-4-16-7-11)15-10-9(13)5-8(12)6-14-10/h5-6H,2-4,7H2,1H3,(H,14,15). The van der Waals surface area contributed by atoms with E-state index in [0.717, 1.165) is 40.8 Å². The van der Waals surface area contributed by atoms with Crippen molar-refractivity contribution in [3.05, 3.63) is 21.2 Å². The summed E-state index contributed by atoms with van der Waals surface area (Å²) in [6, 6.07) is 1.99. The zero-order chi connectivity index (χ0) is 11.6. The first-order valence-electron chi connectivity index (χ1n) is 5.26. The summed E-state index contributed by atoms with van der Waals surface area (Å²) in [6.45, 7) is 3.77. The lowest BCUT2D eigenvalue weighted by Gasteiger charge is -2.35. The van der Waals surface area contributed by atoms with E-state index in [9.17, 15) is 0 Å². The van der Waals surface area contributed by atoms with Crippen molar-refractivity contribution in [2.24, 2.45) is 0 Å². The topological polar surface area (TPSA) is 34.2 Å². The van der Waals surface area contributed by atoms with Crippen LogP contribution in [0, 0.1) is 0 Å². The molecule has 3 nitrogen and oxygen atoms in total. The molecule has 0 radical (unpaired) electrons. The molecule has 1 aliphatic rings. The van der Waals surface area contributed by atoms with Gasteiger partial charge in [-0.05, 0) is 57.7 Å². The highest BCUT2D eigenvalue weighted by Gasteiger charge is 2.28. The van der Waals surface area contributed by atoms with E-state index in [1.165, 1.54) is 0 Å². The lowest BCUT2D eigenvalue weighted by molar-refractivity contribution is 0.0538. The zero-order valence-electron chi connectivity index (χ0n) is 9.09. The maximum Gasteiger partial charge on any atom is 0.140 e. The SMILES string of the molecule is CC1(Nc2ncc(Br)cc2Br)CCCOC1. The summed E-state index contributed by atoms with van der Waals surface area (Å²) < 4.78 is 7.44. The molecule has 1 aromatic rings. The average molecular weight is 350 g/mol. The molecule has 16 heavy (non-hydrogen) atoms. The minimum atomic E-state index is -0.0123. The lowest BCUT2D eigenvalue weighted by Crippen LogP contribution is -2.43. The van der Waals surface area contributed by atoms with Gasteiger partial charge in [0.2, 0.25) is 0 Å². The second-order valence-electron chi connectivity index (χ2n) is 4.33. The van der Waals surface area contributed by atoms with Crippen molar-refractivity contribution in [1.82, 2.24) is 4.98 Å². The second kappa shape index (κ2) is 5.02. The number of halogens is 2. The smallest absolute Gasteiger partial charge is 0.140 e. The third-order valence-corrected chi connectivity index (χ3v) is 3.70. The van der Waals surface area contributed by atoms with Gasteiger partial charge in [-0.2, -0.15) is 0 Å². The van der Waals surface area contributed by atoms with E-state index in [-0.39, 0.29) is 5.54 Å². The Kier molecular flexibility index (Phi) is 3.87. The van der Waals surface area contributed by atoms with Crippen molar-refractivity contribution in [2.75, 3.05) is 18.5 Å². The summed E-state index contributed by atoms with van der Waals surface area (Å²) in [5.41, 5.74) is -0.0123. The summed E-state index contributed by atoms with van der Waals surface area (Å²) in [5, 5.41) is 3.45. The molecule has 88 valence electrons. The molecule has 0 saturated carbocycles. The number of aromatic nitrogens is 1. The molecule has 2 rings (SSSR count). The van der Waals surface area contributed by atoms with Gasteiger partial charge in [-0.25, -0.2) is 4.98 Å². The van der Waals surface area contributed by atoms with Crippen molar-refractivity contribution in [2.45, 2.75) is 25.3 Å². The van der Waals surface area contributed by atoms with Crippen molar-refractivity contribution < 1.29 is 4.74 Å². The minimum Gasteiger partial charge on any atom is -0.379 e. The third-order valence-electron chi connectivity index (χ3n) is 2.67. The Morgan fingerprint density at radius 2 is 2.31 bits per heavy atom. The Bertz CT molecular complexity index is 378. The molecule has 1 atom stereocenters. The van der Waals surface area contributed by atoms with Crippen LogP contribution in [0.4, 0.5) is 5.82 Å². The Balaban J connectivity index is 2.13. The number of hydrogen-bond acceptors (Lipinski definition) is 3. The molecule has 2 heterocycles. The molecular weight excluding hydrogens is 336 g/mol. The van der Waals surface area contributed by atoms with E-state index >= 15 is 0 Å². The van der Waals surface area contributed by atoms with Crippen LogP contribution < -0.4 is 5.32 Å². The molecule has 1 aliphatic heterocycles. The molecule has 5 heteroatoms. The normalized spacial score (nSPS) is 25.4. The molecule has 0 amide bonds. The van der Waals surface area contributed by atoms with E-state index in [1.54, 1.807) is 6.20 Å². The Labute approximate surface area is 112 Å². The predicted octanol–water partition coefficient (Wildman–Crippen LogP) is 3.59. The van der Waals surface area contributed by atoms with Gasteiger partial charge in [0, 0.05) is 17.3 Å². The first-order valence-corrected chi connectivity index (χ1v) is 6.85. The van der Waals surface area contributed by atoms with Gasteiger partial charge in [-0.3, -0.25) is 0 Å². The highest BCUT2D eigenvalue weighted by molar-refractivity contribution is 9.11. The molecule has 1 fully saturated rings. The third kappa shape index (κ3) is 2.96. The molecule has 1 aromatic heterocycles. The molecule has 1 unspecified atom stereocenters. The van der Waals surface area contributed by atoms with Crippen LogP contribution in [0.15, 0.2) is 21.2 Å². The molecule has 0 spiro atoms. The van der Waals surface area contributed by atoms with E-state index in [2.05, 4.69) is 49.1 Å². The Hall–Kier alpha value is -0.130. The highest BCUT2D eigenvalue weighted by Crippen LogP contribution is 2.29. The fourth-order valence-electron chi connectivity index (χ4n) is 1.82. The van der Waals surface area contributed by atoms with Crippen LogP contribution in [0.25, 0.3) is 0 Å². The maximum atomic E-state index is 5.51. The maximum absolute atomic E-state index is 5.51. The second-order valence-corrected chi connectivity index (χ2v) is 6.10. The van der Waals surface area contributed by atoms with Gasteiger partial charge in [-0.1, -0.05) is 0 Å². The van der Waals surface area contributed by atoms with E-state index in [1.807, 2.05) is 6.07 Å². The van der Waals surface area contributed by atoms with Crippen LogP contribution in [-0.2, 0) is 4.74 Å². The van der Waals surface area contributed by atoms with Crippen molar-refractivity contribution in [3.8, 4) is 0 Å².